The summed E-state index contributed by atoms with van der Waals surface area (Å²) in [5.41, 5.74) is 3.01. The summed E-state index contributed by atoms with van der Waals surface area (Å²) in [6, 6.07) is 15.4. The van der Waals surface area contributed by atoms with Gasteiger partial charge in [-0.1, -0.05) is 18.2 Å². The predicted octanol–water partition coefficient (Wildman–Crippen LogP) is -0.606. The Morgan fingerprint density at radius 2 is 1.71 bits per heavy atom. The number of aliphatic hydroxyl groups is 4. The standard InChI is InChI=1S/C21H24N2O8/c24-11-16-18(26)19(27)20(28)21(31-16)30-15-8-6-13(7-9-15)10-22-23-17(25)12-29-14-4-2-1-3-5-14/h1-10,16,18-21,24,26-28H,11-12H2,(H,23,25)/b22-10-/t16-,18+,19+,20-,21+/m0/s1. The molecular weight excluding hydrogens is 408 g/mol. The molecule has 0 spiro atoms. The van der Waals surface area contributed by atoms with E-state index in [1.54, 1.807) is 48.5 Å². The van der Waals surface area contributed by atoms with Crippen molar-refractivity contribution in [2.45, 2.75) is 30.7 Å². The number of ether oxygens (including phenoxy) is 3. The van der Waals surface area contributed by atoms with E-state index in [-0.39, 0.29) is 6.61 Å². The van der Waals surface area contributed by atoms with Crippen LogP contribution in [0.25, 0.3) is 0 Å². The zero-order valence-corrected chi connectivity index (χ0v) is 16.4. The number of nitrogens with one attached hydrogen (secondary N) is 1. The number of carbonyl (C=O) groups is 1. The number of hydrogen-bond donors (Lipinski definition) is 5. The second-order valence-electron chi connectivity index (χ2n) is 6.78. The van der Waals surface area contributed by atoms with Gasteiger partial charge in [0, 0.05) is 0 Å². The van der Waals surface area contributed by atoms with Crippen molar-refractivity contribution in [3.63, 3.8) is 0 Å². The van der Waals surface area contributed by atoms with Crippen LogP contribution in [0.4, 0.5) is 0 Å². The Kier molecular flexibility index (Phi) is 7.93. The number of benzene rings is 2. The molecule has 1 amide bonds. The van der Waals surface area contributed by atoms with E-state index in [2.05, 4.69) is 10.5 Å². The number of hydrogen-bond acceptors (Lipinski definition) is 9. The summed E-state index contributed by atoms with van der Waals surface area (Å²) in [6.07, 6.45) is -5.35. The second kappa shape index (κ2) is 10.8. The highest BCUT2D eigenvalue weighted by molar-refractivity contribution is 5.83. The Balaban J connectivity index is 1.48. The van der Waals surface area contributed by atoms with E-state index in [0.717, 1.165) is 0 Å². The van der Waals surface area contributed by atoms with Crippen molar-refractivity contribution in [1.82, 2.24) is 5.43 Å². The van der Waals surface area contributed by atoms with Crippen molar-refractivity contribution < 1.29 is 39.4 Å². The molecular formula is C21H24N2O8. The van der Waals surface area contributed by atoms with E-state index in [9.17, 15) is 25.2 Å². The average molecular weight is 432 g/mol. The number of aliphatic hydroxyl groups excluding tert-OH is 4. The smallest absolute Gasteiger partial charge is 0.277 e. The molecule has 1 heterocycles. The maximum absolute atomic E-state index is 11.8. The highest BCUT2D eigenvalue weighted by Crippen LogP contribution is 2.24. The third kappa shape index (κ3) is 6.23. The van der Waals surface area contributed by atoms with Crippen LogP contribution in [0.5, 0.6) is 11.5 Å². The van der Waals surface area contributed by atoms with Gasteiger partial charge in [-0.3, -0.25) is 4.79 Å². The van der Waals surface area contributed by atoms with Gasteiger partial charge < -0.3 is 34.6 Å². The first-order valence-corrected chi connectivity index (χ1v) is 9.55. The van der Waals surface area contributed by atoms with E-state index in [4.69, 9.17) is 14.2 Å². The summed E-state index contributed by atoms with van der Waals surface area (Å²) >= 11 is 0. The minimum atomic E-state index is -1.52. The molecule has 0 aliphatic carbocycles. The first kappa shape index (κ1) is 22.7. The molecule has 5 N–H and O–H groups in total. The van der Waals surface area contributed by atoms with Crippen molar-refractivity contribution in [3.05, 3.63) is 60.2 Å². The molecule has 166 valence electrons. The summed E-state index contributed by atoms with van der Waals surface area (Å²) in [5, 5.41) is 42.7. The molecule has 3 rings (SSSR count). The van der Waals surface area contributed by atoms with Gasteiger partial charge in [-0.15, -0.1) is 0 Å². The third-order valence-electron chi connectivity index (χ3n) is 4.50. The largest absolute Gasteiger partial charge is 0.484 e. The number of rotatable bonds is 8. The molecule has 1 aliphatic heterocycles. The normalized spacial score (nSPS) is 25.9. The zero-order valence-electron chi connectivity index (χ0n) is 16.4. The van der Waals surface area contributed by atoms with Gasteiger partial charge in [-0.05, 0) is 42.0 Å². The van der Waals surface area contributed by atoms with Crippen LogP contribution in [0.1, 0.15) is 5.56 Å². The zero-order chi connectivity index (χ0) is 22.2. The summed E-state index contributed by atoms with van der Waals surface area (Å²) in [6.45, 7) is -0.713. The lowest BCUT2D eigenvalue weighted by atomic mass is 9.99. The fraction of sp³-hybridized carbons (Fsp3) is 0.333. The van der Waals surface area contributed by atoms with Crippen molar-refractivity contribution >= 4 is 12.1 Å². The fourth-order valence-corrected chi connectivity index (χ4v) is 2.81. The Morgan fingerprint density at radius 1 is 1.00 bits per heavy atom. The molecule has 2 aromatic rings. The van der Waals surface area contributed by atoms with Crippen LogP contribution in [-0.2, 0) is 9.53 Å². The maximum Gasteiger partial charge on any atom is 0.277 e. The van der Waals surface area contributed by atoms with Crippen LogP contribution in [0.15, 0.2) is 59.7 Å². The molecule has 1 fully saturated rings. The summed E-state index contributed by atoms with van der Waals surface area (Å²) < 4.78 is 16.1. The van der Waals surface area contributed by atoms with Crippen LogP contribution in [0.2, 0.25) is 0 Å². The van der Waals surface area contributed by atoms with Gasteiger partial charge in [0.05, 0.1) is 12.8 Å². The molecule has 10 nitrogen and oxygen atoms in total. The van der Waals surface area contributed by atoms with Crippen LogP contribution in [-0.4, -0.2) is 76.5 Å². The third-order valence-corrected chi connectivity index (χ3v) is 4.50. The van der Waals surface area contributed by atoms with Gasteiger partial charge >= 0.3 is 0 Å². The van der Waals surface area contributed by atoms with E-state index in [0.29, 0.717) is 17.1 Å². The number of hydrazone groups is 1. The average Bonchev–Trinajstić information content (AvgIpc) is 2.80. The topological polar surface area (TPSA) is 150 Å². The minimum Gasteiger partial charge on any atom is -0.484 e. The number of nitrogens with zero attached hydrogens (tertiary/aromatic N) is 1. The summed E-state index contributed by atoms with van der Waals surface area (Å²) in [5.74, 6) is 0.487. The molecule has 31 heavy (non-hydrogen) atoms. The van der Waals surface area contributed by atoms with Gasteiger partial charge in [-0.2, -0.15) is 5.10 Å². The van der Waals surface area contributed by atoms with Gasteiger partial charge in [-0.25, -0.2) is 5.43 Å². The van der Waals surface area contributed by atoms with Gasteiger partial charge in [0.25, 0.3) is 5.91 Å². The van der Waals surface area contributed by atoms with Crippen molar-refractivity contribution in [2.75, 3.05) is 13.2 Å². The Morgan fingerprint density at radius 3 is 2.39 bits per heavy atom. The highest BCUT2D eigenvalue weighted by atomic mass is 16.7. The molecule has 1 aliphatic rings. The predicted molar refractivity (Wildman–Crippen MR) is 109 cm³/mol. The van der Waals surface area contributed by atoms with Crippen molar-refractivity contribution in [3.8, 4) is 11.5 Å². The van der Waals surface area contributed by atoms with Gasteiger partial charge in [0.15, 0.2) is 6.61 Å². The van der Waals surface area contributed by atoms with Crippen molar-refractivity contribution in [1.29, 1.82) is 0 Å². The summed E-state index contributed by atoms with van der Waals surface area (Å²) in [7, 11) is 0. The van der Waals surface area contributed by atoms with E-state index < -0.39 is 43.2 Å². The Labute approximate surface area is 178 Å². The molecule has 0 saturated carbocycles. The molecule has 1 saturated heterocycles. The highest BCUT2D eigenvalue weighted by Gasteiger charge is 2.44. The molecule has 0 radical (unpaired) electrons. The lowest BCUT2D eigenvalue weighted by Gasteiger charge is -2.39. The Hall–Kier alpha value is -3.02. The Bertz CT molecular complexity index is 859. The molecule has 0 unspecified atom stereocenters. The SMILES string of the molecule is O=C(COc1ccccc1)N/N=C\c1ccc(O[C@@H]2O[C@@H](CO)[C@@H](O)[C@@H](O)[C@@H]2O)cc1. The first-order valence-electron chi connectivity index (χ1n) is 9.55. The number of para-hydroxylation sites is 1. The molecule has 10 heteroatoms. The van der Waals surface area contributed by atoms with Crippen LogP contribution >= 0.6 is 0 Å². The summed E-state index contributed by atoms with van der Waals surface area (Å²) in [4.78, 5) is 11.8. The quantitative estimate of drug-likeness (QED) is 0.274. The molecule has 0 bridgehead atoms. The van der Waals surface area contributed by atoms with E-state index in [1.165, 1.54) is 6.21 Å². The molecule has 0 aromatic heterocycles. The van der Waals surface area contributed by atoms with Crippen LogP contribution in [0, 0.1) is 0 Å². The number of carbonyl (C=O) groups excluding carboxylic acids is 1. The van der Waals surface area contributed by atoms with Crippen LogP contribution < -0.4 is 14.9 Å². The maximum atomic E-state index is 11.8. The van der Waals surface area contributed by atoms with Gasteiger partial charge in [0.1, 0.15) is 35.9 Å². The van der Waals surface area contributed by atoms with E-state index in [1.807, 2.05) is 6.07 Å². The molecule has 2 aromatic carbocycles. The fourth-order valence-electron chi connectivity index (χ4n) is 2.81. The second-order valence-corrected chi connectivity index (χ2v) is 6.78. The van der Waals surface area contributed by atoms with Crippen molar-refractivity contribution in [2.24, 2.45) is 5.10 Å². The monoisotopic (exact) mass is 432 g/mol. The lowest BCUT2D eigenvalue weighted by Crippen LogP contribution is -2.60. The first-order chi connectivity index (χ1) is 15.0. The molecule has 5 atom stereocenters. The number of amides is 1. The minimum absolute atomic E-state index is 0.173. The van der Waals surface area contributed by atoms with E-state index >= 15 is 0 Å². The van der Waals surface area contributed by atoms with Crippen LogP contribution in [0.3, 0.4) is 0 Å². The lowest BCUT2D eigenvalue weighted by molar-refractivity contribution is -0.277. The van der Waals surface area contributed by atoms with Gasteiger partial charge in [0.2, 0.25) is 6.29 Å².